The molecule has 1 aromatic carbocycles. The van der Waals surface area contributed by atoms with Gasteiger partial charge in [-0.05, 0) is 57.2 Å². The minimum absolute atomic E-state index is 0.0780. The third-order valence-corrected chi connectivity index (χ3v) is 5.50. The van der Waals surface area contributed by atoms with Gasteiger partial charge in [-0.3, -0.25) is 14.5 Å². The van der Waals surface area contributed by atoms with Gasteiger partial charge in [-0.25, -0.2) is 0 Å². The second-order valence-electron chi connectivity index (χ2n) is 7.25. The summed E-state index contributed by atoms with van der Waals surface area (Å²) in [7, 11) is 0. The molecule has 1 aromatic rings. The monoisotopic (exact) mass is 343 g/mol. The Morgan fingerprint density at radius 3 is 2.36 bits per heavy atom. The topological polar surface area (TPSA) is 66.6 Å². The lowest BCUT2D eigenvalue weighted by molar-refractivity contribution is -0.146. The van der Waals surface area contributed by atoms with E-state index in [4.69, 9.17) is 5.73 Å². The molecule has 0 spiro atoms. The maximum Gasteiger partial charge on any atom is 0.240 e. The summed E-state index contributed by atoms with van der Waals surface area (Å²) in [5, 5.41) is 0. The van der Waals surface area contributed by atoms with Gasteiger partial charge in [0.25, 0.3) is 0 Å². The zero-order valence-corrected chi connectivity index (χ0v) is 14.9. The average molecular weight is 343 g/mol. The molecule has 2 N–H and O–H groups in total. The van der Waals surface area contributed by atoms with E-state index >= 15 is 0 Å². The standard InChI is InChI=1S/C20H29N3O2/c21-19(24)17-11-5-8-14-23(17)20(25)18(22-12-6-2-7-13-22)15-16-9-3-1-4-10-16/h1,3-4,9-10,17-18H,2,5-8,11-15H2,(H2,21,24). The summed E-state index contributed by atoms with van der Waals surface area (Å²) in [5.41, 5.74) is 6.75. The van der Waals surface area contributed by atoms with Crippen LogP contribution in [0.3, 0.4) is 0 Å². The number of rotatable bonds is 5. The van der Waals surface area contributed by atoms with Gasteiger partial charge in [0.2, 0.25) is 11.8 Å². The van der Waals surface area contributed by atoms with E-state index in [1.54, 1.807) is 4.90 Å². The molecule has 0 saturated carbocycles. The molecule has 2 unspecified atom stereocenters. The second kappa shape index (κ2) is 8.48. The van der Waals surface area contributed by atoms with Crippen LogP contribution >= 0.6 is 0 Å². The summed E-state index contributed by atoms with van der Waals surface area (Å²) >= 11 is 0. The Bertz CT molecular complexity index is 584. The van der Waals surface area contributed by atoms with Crippen molar-refractivity contribution >= 4 is 11.8 Å². The molecule has 0 aromatic heterocycles. The first kappa shape index (κ1) is 17.9. The lowest BCUT2D eigenvalue weighted by Gasteiger charge is -2.40. The quantitative estimate of drug-likeness (QED) is 0.888. The van der Waals surface area contributed by atoms with Crippen molar-refractivity contribution in [3.8, 4) is 0 Å². The minimum Gasteiger partial charge on any atom is -0.368 e. The Morgan fingerprint density at radius 2 is 1.68 bits per heavy atom. The minimum atomic E-state index is -0.440. The molecule has 2 fully saturated rings. The first-order valence-electron chi connectivity index (χ1n) is 9.54. The van der Waals surface area contributed by atoms with Gasteiger partial charge in [0, 0.05) is 6.54 Å². The Morgan fingerprint density at radius 1 is 1.00 bits per heavy atom. The van der Waals surface area contributed by atoms with Crippen molar-refractivity contribution in [3.05, 3.63) is 35.9 Å². The van der Waals surface area contributed by atoms with Crippen LogP contribution in [0.1, 0.15) is 44.1 Å². The van der Waals surface area contributed by atoms with Crippen molar-refractivity contribution in [2.24, 2.45) is 5.73 Å². The number of likely N-dealkylation sites (tertiary alicyclic amines) is 2. The first-order valence-corrected chi connectivity index (χ1v) is 9.54. The molecule has 2 heterocycles. The van der Waals surface area contributed by atoms with Crippen LogP contribution in [0, 0.1) is 0 Å². The SMILES string of the molecule is NC(=O)C1CCCCN1C(=O)C(Cc1ccccc1)N1CCCCC1. The van der Waals surface area contributed by atoms with Gasteiger partial charge < -0.3 is 10.6 Å². The normalized spacial score (nSPS) is 23.2. The fourth-order valence-corrected chi connectivity index (χ4v) is 4.12. The van der Waals surface area contributed by atoms with E-state index in [1.165, 1.54) is 12.0 Å². The lowest BCUT2D eigenvalue weighted by Crippen LogP contribution is -2.58. The predicted molar refractivity (Wildman–Crippen MR) is 97.9 cm³/mol. The van der Waals surface area contributed by atoms with E-state index in [-0.39, 0.29) is 17.9 Å². The Kier molecular flexibility index (Phi) is 6.08. The molecule has 2 amide bonds. The van der Waals surface area contributed by atoms with Crippen molar-refractivity contribution in [2.45, 2.75) is 57.0 Å². The van der Waals surface area contributed by atoms with Gasteiger partial charge >= 0.3 is 0 Å². The summed E-state index contributed by atoms with van der Waals surface area (Å²) in [6.45, 7) is 2.56. The summed E-state index contributed by atoms with van der Waals surface area (Å²) in [5.74, 6) is -0.292. The maximum atomic E-state index is 13.4. The molecule has 0 bridgehead atoms. The maximum absolute atomic E-state index is 13.4. The van der Waals surface area contributed by atoms with Crippen molar-refractivity contribution in [2.75, 3.05) is 19.6 Å². The molecule has 5 nitrogen and oxygen atoms in total. The van der Waals surface area contributed by atoms with Crippen molar-refractivity contribution < 1.29 is 9.59 Å². The number of amides is 2. The number of nitrogens with two attached hydrogens (primary N) is 1. The molecule has 2 atom stereocenters. The fraction of sp³-hybridized carbons (Fsp3) is 0.600. The molecule has 2 saturated heterocycles. The van der Waals surface area contributed by atoms with Crippen LogP contribution in [0.5, 0.6) is 0 Å². The van der Waals surface area contributed by atoms with Gasteiger partial charge in [-0.15, -0.1) is 0 Å². The van der Waals surface area contributed by atoms with E-state index in [1.807, 2.05) is 18.2 Å². The average Bonchev–Trinajstić information content (AvgIpc) is 2.67. The summed E-state index contributed by atoms with van der Waals surface area (Å²) in [6.07, 6.45) is 6.81. The van der Waals surface area contributed by atoms with Crippen molar-refractivity contribution in [1.82, 2.24) is 9.80 Å². The molecule has 3 rings (SSSR count). The van der Waals surface area contributed by atoms with Crippen LogP contribution in [-0.4, -0.2) is 53.3 Å². The van der Waals surface area contributed by atoms with E-state index in [9.17, 15) is 9.59 Å². The van der Waals surface area contributed by atoms with E-state index < -0.39 is 6.04 Å². The van der Waals surface area contributed by atoms with Gasteiger partial charge in [-0.1, -0.05) is 36.8 Å². The summed E-state index contributed by atoms with van der Waals surface area (Å²) < 4.78 is 0. The highest BCUT2D eigenvalue weighted by Crippen LogP contribution is 2.23. The highest BCUT2D eigenvalue weighted by atomic mass is 16.2. The molecular weight excluding hydrogens is 314 g/mol. The van der Waals surface area contributed by atoms with Crippen LogP contribution in [0.2, 0.25) is 0 Å². The molecule has 5 heteroatoms. The molecule has 0 radical (unpaired) electrons. The number of hydrogen-bond acceptors (Lipinski definition) is 3. The number of carbonyl (C=O) groups is 2. The smallest absolute Gasteiger partial charge is 0.240 e. The van der Waals surface area contributed by atoms with Crippen molar-refractivity contribution in [1.29, 1.82) is 0 Å². The Labute approximate surface area is 150 Å². The Balaban J connectivity index is 1.81. The predicted octanol–water partition coefficient (Wildman–Crippen LogP) is 1.95. The number of nitrogens with zero attached hydrogens (tertiary/aromatic N) is 2. The van der Waals surface area contributed by atoms with Gasteiger partial charge in [0.05, 0.1) is 6.04 Å². The van der Waals surface area contributed by atoms with Crippen LogP contribution in [0.25, 0.3) is 0 Å². The highest BCUT2D eigenvalue weighted by Gasteiger charge is 2.37. The molecular formula is C20H29N3O2. The van der Waals surface area contributed by atoms with Crippen LogP contribution in [0.15, 0.2) is 30.3 Å². The van der Waals surface area contributed by atoms with Crippen LogP contribution in [0.4, 0.5) is 0 Å². The molecule has 136 valence electrons. The summed E-state index contributed by atoms with van der Waals surface area (Å²) in [6, 6.07) is 9.54. The number of primary amides is 1. The first-order chi connectivity index (χ1) is 12.2. The van der Waals surface area contributed by atoms with Crippen LogP contribution < -0.4 is 5.73 Å². The lowest BCUT2D eigenvalue weighted by atomic mass is 9.96. The Hall–Kier alpha value is -1.88. The molecule has 25 heavy (non-hydrogen) atoms. The number of carbonyl (C=O) groups excluding carboxylic acids is 2. The van der Waals surface area contributed by atoms with Gasteiger partial charge in [0.1, 0.15) is 6.04 Å². The van der Waals surface area contributed by atoms with Crippen molar-refractivity contribution in [3.63, 3.8) is 0 Å². The second-order valence-corrected chi connectivity index (χ2v) is 7.25. The largest absolute Gasteiger partial charge is 0.368 e. The third-order valence-electron chi connectivity index (χ3n) is 5.50. The number of benzene rings is 1. The number of hydrogen-bond donors (Lipinski definition) is 1. The zero-order chi connectivity index (χ0) is 17.6. The number of piperidine rings is 2. The molecule has 2 aliphatic rings. The van der Waals surface area contributed by atoms with Gasteiger partial charge in [-0.2, -0.15) is 0 Å². The zero-order valence-electron chi connectivity index (χ0n) is 14.9. The van der Waals surface area contributed by atoms with E-state index in [2.05, 4.69) is 17.0 Å². The van der Waals surface area contributed by atoms with Crippen LogP contribution in [-0.2, 0) is 16.0 Å². The summed E-state index contributed by atoms with van der Waals surface area (Å²) in [4.78, 5) is 29.3. The fourth-order valence-electron chi connectivity index (χ4n) is 4.12. The molecule has 0 aliphatic carbocycles. The van der Waals surface area contributed by atoms with Gasteiger partial charge in [0.15, 0.2) is 0 Å². The highest BCUT2D eigenvalue weighted by molar-refractivity contribution is 5.89. The molecule has 2 aliphatic heterocycles. The van der Waals surface area contributed by atoms with E-state index in [0.29, 0.717) is 19.4 Å². The van der Waals surface area contributed by atoms with E-state index in [0.717, 1.165) is 38.8 Å². The third kappa shape index (κ3) is 4.40.